The van der Waals surface area contributed by atoms with E-state index < -0.39 is 5.97 Å². The fourth-order valence-electron chi connectivity index (χ4n) is 1.05. The van der Waals surface area contributed by atoms with Gasteiger partial charge in [0.15, 0.2) is 5.69 Å². The van der Waals surface area contributed by atoms with Crippen LogP contribution in [0.5, 0.6) is 0 Å². The van der Waals surface area contributed by atoms with Gasteiger partial charge in [-0.2, -0.15) is 4.73 Å². The molecule has 0 atom stereocenters. The first kappa shape index (κ1) is 10.3. The van der Waals surface area contributed by atoms with Crippen molar-refractivity contribution in [2.45, 2.75) is 13.8 Å². The van der Waals surface area contributed by atoms with Crippen molar-refractivity contribution in [3.05, 3.63) is 28.7 Å². The van der Waals surface area contributed by atoms with Gasteiger partial charge in [-0.1, -0.05) is 0 Å². The maximum Gasteiger partial charge on any atom is 0.407 e. The second-order valence-electron chi connectivity index (χ2n) is 2.79. The summed E-state index contributed by atoms with van der Waals surface area (Å²) in [5, 5.41) is 11.4. The lowest BCUT2D eigenvalue weighted by Crippen LogP contribution is -2.39. The van der Waals surface area contributed by atoms with Crippen LogP contribution in [0.15, 0.2) is 12.1 Å². The van der Waals surface area contributed by atoms with Gasteiger partial charge in [-0.3, -0.25) is 0 Å². The first-order valence-corrected chi connectivity index (χ1v) is 4.23. The zero-order valence-electron chi connectivity index (χ0n) is 8.11. The van der Waals surface area contributed by atoms with Gasteiger partial charge in [-0.05, 0) is 13.0 Å². The molecule has 0 saturated carbocycles. The van der Waals surface area contributed by atoms with Crippen LogP contribution in [0.3, 0.4) is 0 Å². The van der Waals surface area contributed by atoms with E-state index in [2.05, 4.69) is 0 Å². The number of nitrogens with zero attached hydrogens (tertiary/aromatic N) is 1. The highest BCUT2D eigenvalue weighted by Gasteiger charge is 2.22. The standard InChI is InChI=1S/C9H12N2O3/c1-3-14-9(12)8-7(10)5-4-6(2)11(8)13/h4-5H,3,10H2,1-2H3. The minimum Gasteiger partial charge on any atom is -0.618 e. The lowest BCUT2D eigenvalue weighted by Gasteiger charge is -2.07. The smallest absolute Gasteiger partial charge is 0.407 e. The molecule has 0 aliphatic heterocycles. The van der Waals surface area contributed by atoms with Gasteiger partial charge in [0.1, 0.15) is 5.69 Å². The zero-order chi connectivity index (χ0) is 10.7. The Hall–Kier alpha value is -1.78. The lowest BCUT2D eigenvalue weighted by molar-refractivity contribution is -0.614. The van der Waals surface area contributed by atoms with Crippen LogP contribution >= 0.6 is 0 Å². The van der Waals surface area contributed by atoms with Crippen molar-refractivity contribution in [3.63, 3.8) is 0 Å². The Bertz CT molecular complexity index is 363. The molecule has 5 nitrogen and oxygen atoms in total. The highest BCUT2D eigenvalue weighted by Crippen LogP contribution is 2.08. The minimum absolute atomic E-state index is 0.129. The number of aryl methyl sites for hydroxylation is 1. The van der Waals surface area contributed by atoms with Gasteiger partial charge >= 0.3 is 11.7 Å². The van der Waals surface area contributed by atoms with Crippen molar-refractivity contribution in [1.29, 1.82) is 0 Å². The van der Waals surface area contributed by atoms with E-state index in [0.29, 0.717) is 10.4 Å². The summed E-state index contributed by atoms with van der Waals surface area (Å²) in [6.45, 7) is 3.47. The first-order chi connectivity index (χ1) is 6.57. The van der Waals surface area contributed by atoms with Gasteiger partial charge < -0.3 is 15.7 Å². The molecule has 1 aromatic rings. The molecule has 5 heteroatoms. The van der Waals surface area contributed by atoms with E-state index in [4.69, 9.17) is 10.5 Å². The number of hydrogen-bond donors (Lipinski definition) is 1. The summed E-state index contributed by atoms with van der Waals surface area (Å²) in [6.07, 6.45) is 0. The maximum atomic E-state index is 11.4. The molecule has 0 aromatic carbocycles. The van der Waals surface area contributed by atoms with Gasteiger partial charge in [0.25, 0.3) is 0 Å². The molecule has 0 bridgehead atoms. The third kappa shape index (κ3) is 1.76. The van der Waals surface area contributed by atoms with E-state index in [1.54, 1.807) is 19.9 Å². The van der Waals surface area contributed by atoms with Crippen LogP contribution in [0.4, 0.5) is 5.69 Å². The van der Waals surface area contributed by atoms with E-state index in [1.807, 2.05) is 0 Å². The SMILES string of the molecule is CCOC(=O)c1c(N)ccc(C)[n+]1[O-]. The molecule has 0 fully saturated rings. The summed E-state index contributed by atoms with van der Waals surface area (Å²) in [4.78, 5) is 11.3. The lowest BCUT2D eigenvalue weighted by atomic mass is 10.2. The van der Waals surface area contributed by atoms with Gasteiger partial charge in [-0.15, -0.1) is 0 Å². The molecule has 0 aliphatic rings. The van der Waals surface area contributed by atoms with Crippen molar-refractivity contribution in [3.8, 4) is 0 Å². The number of anilines is 1. The molecule has 0 amide bonds. The molecule has 0 aliphatic carbocycles. The van der Waals surface area contributed by atoms with E-state index in [9.17, 15) is 10.0 Å². The van der Waals surface area contributed by atoms with Crippen LogP contribution < -0.4 is 10.5 Å². The summed E-state index contributed by atoms with van der Waals surface area (Å²) in [7, 11) is 0. The van der Waals surface area contributed by atoms with Crippen LogP contribution in [0, 0.1) is 12.1 Å². The fourth-order valence-corrected chi connectivity index (χ4v) is 1.05. The zero-order valence-corrected chi connectivity index (χ0v) is 8.11. The third-order valence-corrected chi connectivity index (χ3v) is 1.77. The Morgan fingerprint density at radius 3 is 2.86 bits per heavy atom. The topological polar surface area (TPSA) is 79.3 Å². The fraction of sp³-hybridized carbons (Fsp3) is 0.333. The average molecular weight is 196 g/mol. The Kier molecular flexibility index (Phi) is 2.91. The van der Waals surface area contributed by atoms with Crippen molar-refractivity contribution in [2.75, 3.05) is 12.3 Å². The highest BCUT2D eigenvalue weighted by atomic mass is 16.5. The first-order valence-electron chi connectivity index (χ1n) is 4.23. The number of hydrogen-bond acceptors (Lipinski definition) is 4. The quantitative estimate of drug-likeness (QED) is 0.421. The van der Waals surface area contributed by atoms with Gasteiger partial charge in [0, 0.05) is 13.0 Å². The van der Waals surface area contributed by atoms with E-state index in [1.165, 1.54) is 6.07 Å². The van der Waals surface area contributed by atoms with E-state index in [0.717, 1.165) is 0 Å². The molecule has 0 spiro atoms. The molecule has 14 heavy (non-hydrogen) atoms. The molecular formula is C9H12N2O3. The Labute approximate surface area is 81.7 Å². The summed E-state index contributed by atoms with van der Waals surface area (Å²) in [5.74, 6) is -0.691. The highest BCUT2D eigenvalue weighted by molar-refractivity contribution is 5.91. The predicted molar refractivity (Wildman–Crippen MR) is 50.5 cm³/mol. The number of carbonyl (C=O) groups is 1. The van der Waals surface area contributed by atoms with Gasteiger partial charge in [0.05, 0.1) is 6.61 Å². The van der Waals surface area contributed by atoms with Crippen molar-refractivity contribution >= 4 is 11.7 Å². The second kappa shape index (κ2) is 3.95. The van der Waals surface area contributed by atoms with Crippen LogP contribution in [-0.2, 0) is 4.74 Å². The Balaban J connectivity index is 3.18. The predicted octanol–water partition coefficient (Wildman–Crippen LogP) is 0.387. The Morgan fingerprint density at radius 2 is 2.29 bits per heavy atom. The van der Waals surface area contributed by atoms with Crippen LogP contribution in [0.2, 0.25) is 0 Å². The molecule has 0 radical (unpaired) electrons. The van der Waals surface area contributed by atoms with Crippen molar-refractivity contribution < 1.29 is 14.3 Å². The van der Waals surface area contributed by atoms with E-state index in [-0.39, 0.29) is 18.0 Å². The molecular weight excluding hydrogens is 184 g/mol. The number of aromatic nitrogens is 1. The summed E-state index contributed by atoms with van der Waals surface area (Å²) < 4.78 is 5.18. The van der Waals surface area contributed by atoms with Crippen molar-refractivity contribution in [2.24, 2.45) is 0 Å². The number of nitrogen functional groups attached to an aromatic ring is 1. The Morgan fingerprint density at radius 1 is 1.64 bits per heavy atom. The number of pyridine rings is 1. The minimum atomic E-state index is -0.691. The second-order valence-corrected chi connectivity index (χ2v) is 2.79. The van der Waals surface area contributed by atoms with Crippen LogP contribution in [-0.4, -0.2) is 12.6 Å². The van der Waals surface area contributed by atoms with Gasteiger partial charge in [-0.25, -0.2) is 4.79 Å². The molecule has 1 aromatic heterocycles. The van der Waals surface area contributed by atoms with Crippen LogP contribution in [0.25, 0.3) is 0 Å². The monoisotopic (exact) mass is 196 g/mol. The van der Waals surface area contributed by atoms with E-state index >= 15 is 0 Å². The average Bonchev–Trinajstić information content (AvgIpc) is 2.13. The molecule has 2 N–H and O–H groups in total. The summed E-state index contributed by atoms with van der Waals surface area (Å²) in [5.41, 5.74) is 5.89. The number of ether oxygens (including phenoxy) is 1. The third-order valence-electron chi connectivity index (χ3n) is 1.77. The molecule has 1 heterocycles. The molecule has 0 unspecified atom stereocenters. The summed E-state index contributed by atoms with van der Waals surface area (Å²) in [6, 6.07) is 3.06. The van der Waals surface area contributed by atoms with Gasteiger partial charge in [0.2, 0.25) is 0 Å². The number of esters is 1. The summed E-state index contributed by atoms with van der Waals surface area (Å²) >= 11 is 0. The number of nitrogens with two attached hydrogens (primary N) is 1. The number of rotatable bonds is 2. The maximum absolute atomic E-state index is 11.4. The molecule has 1 rings (SSSR count). The largest absolute Gasteiger partial charge is 0.618 e. The van der Waals surface area contributed by atoms with Crippen LogP contribution in [0.1, 0.15) is 23.1 Å². The normalized spacial score (nSPS) is 9.86. The molecule has 0 saturated heterocycles. The van der Waals surface area contributed by atoms with Crippen molar-refractivity contribution in [1.82, 2.24) is 0 Å². The molecule has 76 valence electrons. The number of carbonyl (C=O) groups excluding carboxylic acids is 1.